The number of aromatic nitrogens is 1. The molecule has 0 unspecified atom stereocenters. The van der Waals surface area contributed by atoms with E-state index in [0.29, 0.717) is 0 Å². The molecule has 2 nitrogen and oxygen atoms in total. The number of nitrogens with zero attached hydrogens (tertiary/aromatic N) is 1. The van der Waals surface area contributed by atoms with Gasteiger partial charge in [0, 0.05) is 10.9 Å². The van der Waals surface area contributed by atoms with E-state index in [0.717, 1.165) is 11.4 Å². The Morgan fingerprint density at radius 1 is 1.20 bits per heavy atom. The number of aryl methyl sites for hydroxylation is 2. The van der Waals surface area contributed by atoms with Crippen molar-refractivity contribution in [3.63, 3.8) is 0 Å². The summed E-state index contributed by atoms with van der Waals surface area (Å²) in [6, 6.07) is 4.09. The third-order valence-electron chi connectivity index (χ3n) is 2.43. The van der Waals surface area contributed by atoms with Crippen LogP contribution in [0.1, 0.15) is 11.1 Å². The second-order valence-corrected chi connectivity index (χ2v) is 4.23. The van der Waals surface area contributed by atoms with Crippen molar-refractivity contribution in [3.05, 3.63) is 34.2 Å². The first-order chi connectivity index (χ1) is 7.22. The fourth-order valence-electron chi connectivity index (χ4n) is 1.78. The van der Waals surface area contributed by atoms with Crippen LogP contribution in [-0.2, 0) is 0 Å². The maximum absolute atomic E-state index is 5.23. The Morgan fingerprint density at radius 2 is 1.87 bits per heavy atom. The molecule has 1 aromatic heterocycles. The van der Waals surface area contributed by atoms with Gasteiger partial charge in [-0.05, 0) is 37.1 Å². The lowest BCUT2D eigenvalue weighted by Crippen LogP contribution is -1.91. The van der Waals surface area contributed by atoms with Gasteiger partial charge < -0.3 is 4.74 Å². The molecule has 0 atom stereocenters. The van der Waals surface area contributed by atoms with E-state index in [4.69, 9.17) is 4.74 Å². The minimum absolute atomic E-state index is 0.906. The highest BCUT2D eigenvalue weighted by atomic mass is 32.1. The van der Waals surface area contributed by atoms with Gasteiger partial charge in [0.15, 0.2) is 0 Å². The Hall–Kier alpha value is -1.35. The zero-order valence-corrected chi connectivity index (χ0v) is 9.89. The van der Waals surface area contributed by atoms with Crippen molar-refractivity contribution in [1.82, 2.24) is 4.98 Å². The maximum atomic E-state index is 5.23. The highest BCUT2D eigenvalue weighted by Gasteiger charge is 2.09. The lowest BCUT2D eigenvalue weighted by atomic mass is 10.0. The van der Waals surface area contributed by atoms with Crippen LogP contribution in [0.3, 0.4) is 0 Å². The predicted octanol–water partition coefficient (Wildman–Crippen LogP) is 3.44. The van der Waals surface area contributed by atoms with Crippen LogP contribution in [-0.4, -0.2) is 12.1 Å². The fraction of sp³-hybridized carbons (Fsp3) is 0.250. The maximum Gasteiger partial charge on any atom is 0.119 e. The molecule has 0 aliphatic heterocycles. The van der Waals surface area contributed by atoms with Gasteiger partial charge in [0.05, 0.1) is 18.3 Å². The lowest BCUT2D eigenvalue weighted by molar-refractivity contribution is 0.414. The molecular weight excluding hydrogens is 206 g/mol. The Balaban J connectivity index is 2.58. The van der Waals surface area contributed by atoms with Crippen LogP contribution in [0.5, 0.6) is 5.75 Å². The molecule has 0 saturated carbocycles. The van der Waals surface area contributed by atoms with Crippen molar-refractivity contribution in [1.29, 1.82) is 0 Å². The van der Waals surface area contributed by atoms with E-state index < -0.39 is 0 Å². The van der Waals surface area contributed by atoms with E-state index >= 15 is 0 Å². The van der Waals surface area contributed by atoms with E-state index in [1.54, 1.807) is 18.4 Å². The minimum atomic E-state index is 0.906. The van der Waals surface area contributed by atoms with E-state index in [9.17, 15) is 0 Å². The predicted molar refractivity (Wildman–Crippen MR) is 63.6 cm³/mol. The average Bonchev–Trinajstić information content (AvgIpc) is 2.69. The van der Waals surface area contributed by atoms with Gasteiger partial charge in [0.2, 0.25) is 0 Å². The van der Waals surface area contributed by atoms with Gasteiger partial charge in [0.25, 0.3) is 0 Å². The molecule has 2 rings (SSSR count). The van der Waals surface area contributed by atoms with E-state index in [1.807, 2.05) is 17.6 Å². The van der Waals surface area contributed by atoms with Gasteiger partial charge in [-0.15, -0.1) is 11.3 Å². The summed E-state index contributed by atoms with van der Waals surface area (Å²) in [5.74, 6) is 0.906. The van der Waals surface area contributed by atoms with Crippen LogP contribution in [0.4, 0.5) is 0 Å². The summed E-state index contributed by atoms with van der Waals surface area (Å²) in [6.07, 6.45) is 0. The highest BCUT2D eigenvalue weighted by molar-refractivity contribution is 7.07. The van der Waals surface area contributed by atoms with Gasteiger partial charge >= 0.3 is 0 Å². The molecule has 0 aliphatic carbocycles. The molecule has 0 spiro atoms. The van der Waals surface area contributed by atoms with Crippen molar-refractivity contribution in [2.75, 3.05) is 7.11 Å². The summed E-state index contributed by atoms with van der Waals surface area (Å²) < 4.78 is 5.23. The van der Waals surface area contributed by atoms with E-state index in [2.05, 4.69) is 24.2 Å². The molecule has 0 fully saturated rings. The normalized spacial score (nSPS) is 10.3. The first-order valence-corrected chi connectivity index (χ1v) is 5.70. The van der Waals surface area contributed by atoms with Gasteiger partial charge in [-0.1, -0.05) is 0 Å². The Kier molecular flexibility index (Phi) is 2.73. The summed E-state index contributed by atoms with van der Waals surface area (Å²) >= 11 is 1.62. The minimum Gasteiger partial charge on any atom is -0.497 e. The molecular formula is C12H13NOS. The number of benzene rings is 1. The van der Waals surface area contributed by atoms with E-state index in [-0.39, 0.29) is 0 Å². The quantitative estimate of drug-likeness (QED) is 0.772. The number of thiazole rings is 1. The molecule has 78 valence electrons. The smallest absolute Gasteiger partial charge is 0.119 e. The summed E-state index contributed by atoms with van der Waals surface area (Å²) in [5.41, 5.74) is 6.54. The monoisotopic (exact) mass is 219 g/mol. The highest BCUT2D eigenvalue weighted by Crippen LogP contribution is 2.30. The summed E-state index contributed by atoms with van der Waals surface area (Å²) in [5, 5.41) is 2.07. The van der Waals surface area contributed by atoms with Crippen molar-refractivity contribution in [3.8, 4) is 17.0 Å². The summed E-state index contributed by atoms with van der Waals surface area (Å²) in [6.45, 7) is 4.18. The summed E-state index contributed by atoms with van der Waals surface area (Å²) in [7, 11) is 1.69. The molecule has 1 heterocycles. The van der Waals surface area contributed by atoms with Crippen LogP contribution in [0.2, 0.25) is 0 Å². The van der Waals surface area contributed by atoms with Crippen molar-refractivity contribution in [2.45, 2.75) is 13.8 Å². The molecule has 0 N–H and O–H groups in total. The van der Waals surface area contributed by atoms with Crippen LogP contribution < -0.4 is 4.74 Å². The van der Waals surface area contributed by atoms with Crippen molar-refractivity contribution in [2.24, 2.45) is 0 Å². The van der Waals surface area contributed by atoms with Crippen LogP contribution >= 0.6 is 11.3 Å². The van der Waals surface area contributed by atoms with Crippen LogP contribution in [0, 0.1) is 13.8 Å². The van der Waals surface area contributed by atoms with Gasteiger partial charge in [-0.25, -0.2) is 4.98 Å². The molecule has 0 amide bonds. The van der Waals surface area contributed by atoms with Gasteiger partial charge in [0.1, 0.15) is 5.75 Å². The Morgan fingerprint density at radius 3 is 2.33 bits per heavy atom. The molecule has 1 aromatic carbocycles. The van der Waals surface area contributed by atoms with E-state index in [1.165, 1.54) is 16.7 Å². The van der Waals surface area contributed by atoms with Gasteiger partial charge in [-0.3, -0.25) is 0 Å². The topological polar surface area (TPSA) is 22.1 Å². The number of hydrogen-bond acceptors (Lipinski definition) is 3. The molecule has 0 aliphatic rings. The molecule has 15 heavy (non-hydrogen) atoms. The van der Waals surface area contributed by atoms with Gasteiger partial charge in [-0.2, -0.15) is 0 Å². The van der Waals surface area contributed by atoms with Crippen LogP contribution in [0.15, 0.2) is 23.0 Å². The fourth-order valence-corrected chi connectivity index (χ4v) is 2.32. The average molecular weight is 219 g/mol. The second-order valence-electron chi connectivity index (χ2n) is 3.51. The number of methoxy groups -OCH3 is 1. The number of ether oxygens (including phenoxy) is 1. The Labute approximate surface area is 93.6 Å². The van der Waals surface area contributed by atoms with Crippen molar-refractivity contribution < 1.29 is 4.74 Å². The molecule has 2 aromatic rings. The lowest BCUT2D eigenvalue weighted by Gasteiger charge is -2.09. The zero-order chi connectivity index (χ0) is 10.8. The SMILES string of the molecule is COc1cc(C)c(-c2cscn2)c(C)c1. The van der Waals surface area contributed by atoms with Crippen molar-refractivity contribution >= 4 is 11.3 Å². The molecule has 0 bridgehead atoms. The Bertz CT molecular complexity index is 439. The van der Waals surface area contributed by atoms with Crippen LogP contribution in [0.25, 0.3) is 11.3 Å². The third-order valence-corrected chi connectivity index (χ3v) is 3.02. The molecule has 3 heteroatoms. The molecule has 0 radical (unpaired) electrons. The largest absolute Gasteiger partial charge is 0.497 e. The zero-order valence-electron chi connectivity index (χ0n) is 9.07. The first kappa shape index (κ1) is 10.2. The number of hydrogen-bond donors (Lipinski definition) is 0. The molecule has 0 saturated heterocycles. The standard InChI is InChI=1S/C12H13NOS/c1-8-4-10(14-3)5-9(2)12(8)11-6-15-7-13-11/h4-7H,1-3H3. The third kappa shape index (κ3) is 1.88. The second kappa shape index (κ2) is 4.03. The first-order valence-electron chi connectivity index (χ1n) is 4.76. The summed E-state index contributed by atoms with van der Waals surface area (Å²) in [4.78, 5) is 4.34. The number of rotatable bonds is 2.